The Labute approximate surface area is 159 Å². The van der Waals surface area contributed by atoms with Crippen molar-refractivity contribution in [3.05, 3.63) is 64.2 Å². The van der Waals surface area contributed by atoms with Gasteiger partial charge in [-0.05, 0) is 44.2 Å². The summed E-state index contributed by atoms with van der Waals surface area (Å²) in [6, 6.07) is 7.86. The van der Waals surface area contributed by atoms with Crippen molar-refractivity contribution in [2.75, 3.05) is 20.6 Å². The number of fused-ring (bicyclic) bond motifs is 1. The molecule has 1 aliphatic rings. The van der Waals surface area contributed by atoms with Crippen molar-refractivity contribution < 1.29 is 4.79 Å². The van der Waals surface area contributed by atoms with E-state index in [9.17, 15) is 4.79 Å². The smallest absolute Gasteiger partial charge is 0.244 e. The van der Waals surface area contributed by atoms with Crippen LogP contribution in [0.25, 0.3) is 17.5 Å². The van der Waals surface area contributed by atoms with Crippen LogP contribution in [0, 0.1) is 6.92 Å². The minimum absolute atomic E-state index is 0.105. The predicted molar refractivity (Wildman–Crippen MR) is 108 cm³/mol. The molecule has 0 saturated carbocycles. The van der Waals surface area contributed by atoms with Gasteiger partial charge < -0.3 is 20.5 Å². The van der Waals surface area contributed by atoms with E-state index in [1.807, 2.05) is 68.4 Å². The molecule has 1 atom stereocenters. The first-order valence-corrected chi connectivity index (χ1v) is 8.94. The molecule has 1 aromatic heterocycles. The number of nitrogens with one attached hydrogen (secondary N) is 1. The third-order valence-electron chi connectivity index (χ3n) is 4.13. The average Bonchev–Trinajstić information content (AvgIpc) is 2.62. The minimum Gasteiger partial charge on any atom is -0.436 e. The monoisotopic (exact) mass is 362 g/mol. The molecule has 27 heavy (non-hydrogen) atoms. The van der Waals surface area contributed by atoms with E-state index in [1.54, 1.807) is 6.08 Å². The van der Waals surface area contributed by atoms with Gasteiger partial charge in [-0.3, -0.25) is 9.78 Å². The van der Waals surface area contributed by atoms with Crippen molar-refractivity contribution in [2.45, 2.75) is 19.4 Å². The van der Waals surface area contributed by atoms with Crippen molar-refractivity contribution in [3.8, 4) is 0 Å². The Morgan fingerprint density at radius 2 is 2.22 bits per heavy atom. The van der Waals surface area contributed by atoms with Crippen LogP contribution in [0.1, 0.15) is 12.0 Å². The van der Waals surface area contributed by atoms with Crippen LogP contribution in [0.3, 0.4) is 0 Å². The average molecular weight is 362 g/mol. The Hall–Kier alpha value is -2.99. The predicted octanol–water partition coefficient (Wildman–Crippen LogP) is 1.69. The highest BCUT2D eigenvalue weighted by Crippen LogP contribution is 2.25. The fraction of sp³-hybridized carbons (Fsp3) is 0.286. The van der Waals surface area contributed by atoms with Crippen molar-refractivity contribution in [2.24, 2.45) is 0 Å². The second kappa shape index (κ2) is 8.60. The lowest BCUT2D eigenvalue weighted by Crippen LogP contribution is -2.40. The Bertz CT molecular complexity index is 965. The number of hydrogen-bond acceptors (Lipinski definition) is 4. The molecule has 1 unspecified atom stereocenters. The van der Waals surface area contributed by atoms with Crippen LogP contribution in [-0.4, -0.2) is 47.5 Å². The maximum absolute atomic E-state index is 12.1. The summed E-state index contributed by atoms with van der Waals surface area (Å²) in [5.41, 5.74) is 1.99. The summed E-state index contributed by atoms with van der Waals surface area (Å²) in [5.74, 6) is 0.507. The van der Waals surface area contributed by atoms with Crippen molar-refractivity contribution in [1.29, 1.82) is 0 Å². The number of benzene rings is 1. The first-order chi connectivity index (χ1) is 13.0. The SMILES string of the molecule is Cc1cccc([N-]c2ncnc3c2=CC(NC(=O)/C=C/CN(C)C)CC=3)c1. The first kappa shape index (κ1) is 18.8. The summed E-state index contributed by atoms with van der Waals surface area (Å²) in [4.78, 5) is 22.8. The molecule has 1 N–H and O–H groups in total. The molecule has 3 rings (SSSR count). The van der Waals surface area contributed by atoms with Gasteiger partial charge in [0.15, 0.2) is 0 Å². The number of nitrogens with zero attached hydrogens (tertiary/aromatic N) is 4. The zero-order chi connectivity index (χ0) is 19.2. The van der Waals surface area contributed by atoms with Gasteiger partial charge in [0.25, 0.3) is 0 Å². The highest BCUT2D eigenvalue weighted by atomic mass is 16.1. The van der Waals surface area contributed by atoms with Crippen molar-refractivity contribution in [3.63, 3.8) is 0 Å². The number of carbonyl (C=O) groups excluding carboxylic acids is 1. The number of rotatable bonds is 6. The summed E-state index contributed by atoms with van der Waals surface area (Å²) in [6.07, 6.45) is 9.64. The zero-order valence-electron chi connectivity index (χ0n) is 15.9. The first-order valence-electron chi connectivity index (χ1n) is 8.94. The van der Waals surface area contributed by atoms with Crippen LogP contribution in [0.15, 0.2) is 42.7 Å². The largest absolute Gasteiger partial charge is 0.436 e. The van der Waals surface area contributed by atoms with E-state index >= 15 is 0 Å². The molecule has 2 aromatic rings. The molecule has 1 aliphatic carbocycles. The van der Waals surface area contributed by atoms with Crippen LogP contribution in [-0.2, 0) is 4.79 Å². The third-order valence-corrected chi connectivity index (χ3v) is 4.13. The maximum Gasteiger partial charge on any atom is 0.244 e. The molecule has 1 heterocycles. The summed E-state index contributed by atoms with van der Waals surface area (Å²) < 4.78 is 0. The Morgan fingerprint density at radius 3 is 3.00 bits per heavy atom. The van der Waals surface area contributed by atoms with E-state index in [2.05, 4.69) is 20.6 Å². The van der Waals surface area contributed by atoms with Gasteiger partial charge in [0.2, 0.25) is 5.91 Å². The van der Waals surface area contributed by atoms with Gasteiger partial charge in [-0.25, -0.2) is 0 Å². The summed E-state index contributed by atoms with van der Waals surface area (Å²) >= 11 is 0. The number of likely N-dealkylation sites (N-methyl/N-ethyl adjacent to an activating group) is 1. The second-order valence-corrected chi connectivity index (χ2v) is 6.83. The molecule has 0 saturated heterocycles. The maximum atomic E-state index is 12.1. The molecular formula is C21H24N5O-. The van der Waals surface area contributed by atoms with Crippen LogP contribution in [0.2, 0.25) is 0 Å². The third kappa shape index (κ3) is 5.24. The number of hydrogen-bond donors (Lipinski definition) is 1. The van der Waals surface area contributed by atoms with Crippen LogP contribution in [0.5, 0.6) is 0 Å². The number of amides is 1. The fourth-order valence-electron chi connectivity index (χ4n) is 2.84. The van der Waals surface area contributed by atoms with E-state index in [0.29, 0.717) is 12.2 Å². The quantitative estimate of drug-likeness (QED) is 0.794. The van der Waals surface area contributed by atoms with Gasteiger partial charge in [-0.1, -0.05) is 48.1 Å². The van der Waals surface area contributed by atoms with E-state index in [0.717, 1.165) is 28.4 Å². The normalized spacial score (nSPS) is 15.8. The molecule has 6 heteroatoms. The zero-order valence-corrected chi connectivity index (χ0v) is 15.9. The molecule has 0 radical (unpaired) electrons. The Morgan fingerprint density at radius 1 is 1.37 bits per heavy atom. The lowest BCUT2D eigenvalue weighted by atomic mass is 10.1. The molecule has 0 fully saturated rings. The van der Waals surface area contributed by atoms with E-state index in [1.165, 1.54) is 6.33 Å². The molecule has 0 spiro atoms. The van der Waals surface area contributed by atoms with Gasteiger partial charge in [0.1, 0.15) is 0 Å². The fourth-order valence-corrected chi connectivity index (χ4v) is 2.84. The summed E-state index contributed by atoms with van der Waals surface area (Å²) in [6.45, 7) is 2.76. The topological polar surface area (TPSA) is 72.2 Å². The minimum atomic E-state index is -0.107. The number of aryl methyl sites for hydroxylation is 1. The van der Waals surface area contributed by atoms with Gasteiger partial charge in [0, 0.05) is 18.9 Å². The van der Waals surface area contributed by atoms with Crippen LogP contribution >= 0.6 is 0 Å². The second-order valence-electron chi connectivity index (χ2n) is 6.83. The molecule has 140 valence electrons. The highest BCUT2D eigenvalue weighted by molar-refractivity contribution is 5.88. The summed E-state index contributed by atoms with van der Waals surface area (Å²) in [5, 5.41) is 9.38. The van der Waals surface area contributed by atoms with Gasteiger partial charge in [-0.2, -0.15) is 0 Å². The van der Waals surface area contributed by atoms with Crippen molar-refractivity contribution >= 4 is 29.6 Å². The molecule has 6 nitrogen and oxygen atoms in total. The van der Waals surface area contributed by atoms with E-state index < -0.39 is 0 Å². The summed E-state index contributed by atoms with van der Waals surface area (Å²) in [7, 11) is 3.92. The number of aromatic nitrogens is 2. The van der Waals surface area contributed by atoms with Gasteiger partial charge in [-0.15, -0.1) is 0 Å². The lowest BCUT2D eigenvalue weighted by Gasteiger charge is -2.20. The molecule has 1 amide bonds. The van der Waals surface area contributed by atoms with Crippen LogP contribution in [0.4, 0.5) is 11.5 Å². The molecular weight excluding hydrogens is 338 g/mol. The Kier molecular flexibility index (Phi) is 5.98. The van der Waals surface area contributed by atoms with E-state index in [-0.39, 0.29) is 11.9 Å². The standard InChI is InChI=1S/C21H25N5O/c1-15-6-4-7-16(12-15)25-21-18-13-17(9-10-19(18)22-14-23-21)24-20(27)8-5-11-26(2)3/h4-8,10,12-14,17H,9,11H2,1-3H3,(H2,22,23,24,25,27)/p-1/b8-5+. The number of carbonyl (C=O) groups is 1. The highest BCUT2D eigenvalue weighted by Gasteiger charge is 2.10. The van der Waals surface area contributed by atoms with E-state index in [4.69, 9.17) is 0 Å². The van der Waals surface area contributed by atoms with Gasteiger partial charge >= 0.3 is 0 Å². The lowest BCUT2D eigenvalue weighted by molar-refractivity contribution is -0.116. The van der Waals surface area contributed by atoms with Crippen molar-refractivity contribution in [1.82, 2.24) is 20.2 Å². The Balaban J connectivity index is 1.79. The molecule has 0 bridgehead atoms. The molecule has 1 aromatic carbocycles. The van der Waals surface area contributed by atoms with Gasteiger partial charge in [0.05, 0.1) is 11.4 Å². The molecule has 0 aliphatic heterocycles. The van der Waals surface area contributed by atoms with Crippen LogP contribution < -0.4 is 15.9 Å².